The first-order valence-electron chi connectivity index (χ1n) is 15.3. The van der Waals surface area contributed by atoms with Crippen molar-refractivity contribution in [2.45, 2.75) is 51.4 Å². The number of aromatic carboxylic acids is 2. The second-order valence-corrected chi connectivity index (χ2v) is 11.7. The Morgan fingerprint density at radius 3 is 1.45 bits per heavy atom. The van der Waals surface area contributed by atoms with Crippen LogP contribution in [0.2, 0.25) is 0 Å². The first-order chi connectivity index (χ1) is 21.5. The molecule has 218 valence electrons. The summed E-state index contributed by atoms with van der Waals surface area (Å²) in [7, 11) is 0. The second-order valence-electron chi connectivity index (χ2n) is 11.7. The largest absolute Gasteiger partial charge is 0.478 e. The van der Waals surface area contributed by atoms with Crippen LogP contribution in [0.4, 0.5) is 0 Å². The number of pyridine rings is 2. The summed E-state index contributed by atoms with van der Waals surface area (Å²) in [6.07, 6.45) is 11.1. The van der Waals surface area contributed by atoms with Crippen molar-refractivity contribution in [1.82, 2.24) is 9.97 Å². The quantitative estimate of drug-likeness (QED) is 0.206. The molecule has 0 radical (unpaired) electrons. The highest BCUT2D eigenvalue weighted by atomic mass is 16.4. The van der Waals surface area contributed by atoms with E-state index in [-0.39, 0.29) is 0 Å². The zero-order chi connectivity index (χ0) is 30.2. The van der Waals surface area contributed by atoms with Crippen LogP contribution >= 0.6 is 0 Å². The van der Waals surface area contributed by atoms with Crippen LogP contribution in [-0.4, -0.2) is 32.1 Å². The van der Waals surface area contributed by atoms with Crippen molar-refractivity contribution in [2.75, 3.05) is 0 Å². The number of hydrogen-bond donors (Lipinski definition) is 2. The predicted molar refractivity (Wildman–Crippen MR) is 175 cm³/mol. The molecule has 0 saturated heterocycles. The van der Waals surface area contributed by atoms with E-state index in [2.05, 4.69) is 30.4 Å². The van der Waals surface area contributed by atoms with Crippen LogP contribution in [0.3, 0.4) is 0 Å². The van der Waals surface area contributed by atoms with E-state index < -0.39 is 11.9 Å². The molecule has 0 spiro atoms. The molecular weight excluding hydrogens is 548 g/mol. The number of carboxylic acids is 2. The molecule has 2 N–H and O–H groups in total. The molecule has 2 heterocycles. The molecule has 0 unspecified atom stereocenters. The van der Waals surface area contributed by atoms with Crippen LogP contribution in [0.15, 0.2) is 72.8 Å². The maximum absolute atomic E-state index is 12.4. The molecule has 7 rings (SSSR count). The second kappa shape index (κ2) is 11.5. The van der Waals surface area contributed by atoms with Gasteiger partial charge in [-0.1, -0.05) is 54.6 Å². The Morgan fingerprint density at radius 2 is 1.00 bits per heavy atom. The number of nitrogens with zero attached hydrogens (tertiary/aromatic N) is 2. The molecule has 0 bridgehead atoms. The van der Waals surface area contributed by atoms with Gasteiger partial charge in [0.25, 0.3) is 0 Å². The Labute approximate surface area is 255 Å². The number of benzene rings is 3. The highest BCUT2D eigenvalue weighted by Gasteiger charge is 2.25. The highest BCUT2D eigenvalue weighted by Crippen LogP contribution is 2.37. The highest BCUT2D eigenvalue weighted by molar-refractivity contribution is 6.07. The van der Waals surface area contributed by atoms with E-state index in [4.69, 9.17) is 9.97 Å². The Balaban J connectivity index is 1.33. The Bertz CT molecular complexity index is 1900. The average Bonchev–Trinajstić information content (AvgIpc) is 3.34. The molecule has 6 heteroatoms. The molecule has 6 nitrogen and oxygen atoms in total. The van der Waals surface area contributed by atoms with Gasteiger partial charge in [0, 0.05) is 10.8 Å². The number of allylic oxidation sites excluding steroid dienone is 2. The summed E-state index contributed by atoms with van der Waals surface area (Å²) in [5, 5.41) is 21.8. The zero-order valence-corrected chi connectivity index (χ0v) is 24.3. The summed E-state index contributed by atoms with van der Waals surface area (Å²) in [5.74, 6) is -1.82. The summed E-state index contributed by atoms with van der Waals surface area (Å²) < 4.78 is 0. The molecule has 2 aliphatic carbocycles. The summed E-state index contributed by atoms with van der Waals surface area (Å²) in [4.78, 5) is 34.9. The number of aromatic nitrogens is 2. The van der Waals surface area contributed by atoms with E-state index in [1.54, 1.807) is 0 Å². The predicted octanol–water partition coefficient (Wildman–Crippen LogP) is 8.71. The van der Waals surface area contributed by atoms with Gasteiger partial charge in [-0.3, -0.25) is 0 Å². The van der Waals surface area contributed by atoms with Crippen LogP contribution in [0, 0.1) is 0 Å². The van der Waals surface area contributed by atoms with Crippen molar-refractivity contribution < 1.29 is 19.8 Å². The minimum atomic E-state index is -0.911. The van der Waals surface area contributed by atoms with Crippen molar-refractivity contribution >= 4 is 57.0 Å². The van der Waals surface area contributed by atoms with Gasteiger partial charge in [0.1, 0.15) is 0 Å². The fraction of sp³-hybridized carbons (Fsp3) is 0.211. The van der Waals surface area contributed by atoms with E-state index in [0.29, 0.717) is 45.8 Å². The normalized spacial score (nSPS) is 16.8. The molecular formula is C38H32N2O4. The van der Waals surface area contributed by atoms with Crippen LogP contribution in [-0.2, 0) is 12.8 Å². The number of carbonyl (C=O) groups is 2. The van der Waals surface area contributed by atoms with Crippen LogP contribution in [0.5, 0.6) is 0 Å². The lowest BCUT2D eigenvalue weighted by Crippen LogP contribution is -2.08. The maximum atomic E-state index is 12.4. The molecule has 0 aliphatic heterocycles. The number of hydrogen-bond acceptors (Lipinski definition) is 4. The van der Waals surface area contributed by atoms with Gasteiger partial charge in [0.05, 0.1) is 33.5 Å². The van der Waals surface area contributed by atoms with Crippen molar-refractivity contribution in [3.05, 3.63) is 118 Å². The van der Waals surface area contributed by atoms with E-state index in [1.165, 1.54) is 0 Å². The first kappa shape index (κ1) is 27.7. The van der Waals surface area contributed by atoms with Gasteiger partial charge in [-0.15, -0.1) is 0 Å². The lowest BCUT2D eigenvalue weighted by atomic mass is 9.93. The van der Waals surface area contributed by atoms with Gasteiger partial charge in [0.15, 0.2) is 0 Å². The number of carboxylic acid groups (broad SMARTS) is 2. The van der Waals surface area contributed by atoms with Crippen LogP contribution in [0.25, 0.3) is 45.1 Å². The van der Waals surface area contributed by atoms with Crippen LogP contribution < -0.4 is 0 Å². The van der Waals surface area contributed by atoms with Crippen molar-refractivity contribution in [3.8, 4) is 0 Å². The minimum Gasteiger partial charge on any atom is -0.478 e. The molecule has 2 aliphatic rings. The third kappa shape index (κ3) is 5.06. The molecule has 44 heavy (non-hydrogen) atoms. The van der Waals surface area contributed by atoms with E-state index in [9.17, 15) is 19.8 Å². The topological polar surface area (TPSA) is 100 Å². The molecule has 0 atom stereocenters. The van der Waals surface area contributed by atoms with Gasteiger partial charge < -0.3 is 10.2 Å². The summed E-state index contributed by atoms with van der Waals surface area (Å²) in [6, 6.07) is 23.3. The Kier molecular flexibility index (Phi) is 7.26. The average molecular weight is 581 g/mol. The third-order valence-electron chi connectivity index (χ3n) is 8.86. The number of para-hydroxylation sites is 2. The smallest absolute Gasteiger partial charge is 0.336 e. The maximum Gasteiger partial charge on any atom is 0.336 e. The van der Waals surface area contributed by atoms with Gasteiger partial charge in [-0.25, -0.2) is 19.6 Å². The molecule has 0 saturated carbocycles. The third-order valence-corrected chi connectivity index (χ3v) is 8.86. The van der Waals surface area contributed by atoms with E-state index in [0.717, 1.165) is 83.3 Å². The summed E-state index contributed by atoms with van der Waals surface area (Å²) in [5.41, 5.74) is 9.47. The van der Waals surface area contributed by atoms with Crippen LogP contribution in [0.1, 0.15) is 92.9 Å². The molecule has 0 fully saturated rings. The van der Waals surface area contributed by atoms with Crippen molar-refractivity contribution in [1.29, 1.82) is 0 Å². The molecule has 3 aromatic carbocycles. The monoisotopic (exact) mass is 580 g/mol. The number of fused-ring (bicyclic) bond motifs is 4. The van der Waals surface area contributed by atoms with Crippen molar-refractivity contribution in [2.24, 2.45) is 0 Å². The standard InChI is InChI=1S/C38H32N2O4/c41-37(42)33-27-14-5-7-18-31(27)39-35-25(12-1-3-16-29(33)35)21-23-10-9-11-24(20-23)22-26-13-2-4-17-30-34(38(43)44)28-15-6-8-19-32(28)40-36(26)30/h5-11,14-15,18-22H,1-4,12-13,16-17H2,(H,41,42)(H,43,44). The molecule has 2 aromatic heterocycles. The molecule has 0 amide bonds. The Hall–Kier alpha value is -5.10. The Morgan fingerprint density at radius 1 is 0.568 bits per heavy atom. The zero-order valence-electron chi connectivity index (χ0n) is 24.3. The summed E-state index contributed by atoms with van der Waals surface area (Å²) in [6.45, 7) is 0. The van der Waals surface area contributed by atoms with Gasteiger partial charge in [0.2, 0.25) is 0 Å². The van der Waals surface area contributed by atoms with Crippen molar-refractivity contribution in [3.63, 3.8) is 0 Å². The SMILES string of the molecule is O=C(O)c1c2c(nc3ccccc13)C(=Cc1cccc(C=C3CCCCc4c3nc3ccccc3c4C(=O)O)c1)CCCC2. The van der Waals surface area contributed by atoms with Gasteiger partial charge in [-0.05, 0) is 115 Å². The lowest BCUT2D eigenvalue weighted by molar-refractivity contribution is 0.0686. The minimum absolute atomic E-state index is 0.365. The lowest BCUT2D eigenvalue weighted by Gasteiger charge is -2.15. The number of rotatable bonds is 4. The summed E-state index contributed by atoms with van der Waals surface area (Å²) >= 11 is 0. The van der Waals surface area contributed by atoms with E-state index >= 15 is 0 Å². The fourth-order valence-electron chi connectivity index (χ4n) is 6.90. The first-order valence-corrected chi connectivity index (χ1v) is 15.3. The molecule has 5 aromatic rings. The fourth-order valence-corrected chi connectivity index (χ4v) is 6.90. The van der Waals surface area contributed by atoms with Gasteiger partial charge >= 0.3 is 11.9 Å². The van der Waals surface area contributed by atoms with E-state index in [1.807, 2.05) is 54.6 Å². The van der Waals surface area contributed by atoms with Gasteiger partial charge in [-0.2, -0.15) is 0 Å².